The number of carbonyl (C=O) groups is 2. The van der Waals surface area contributed by atoms with Gasteiger partial charge in [-0.05, 0) is 50.0 Å². The van der Waals surface area contributed by atoms with E-state index in [1.54, 1.807) is 24.3 Å². The zero-order valence-corrected chi connectivity index (χ0v) is 14.7. The van der Waals surface area contributed by atoms with Crippen LogP contribution in [0.2, 0.25) is 0 Å². The Kier molecular flexibility index (Phi) is 6.68. The first-order chi connectivity index (χ1) is 12.4. The van der Waals surface area contributed by atoms with Gasteiger partial charge >= 0.3 is 0 Å². The van der Waals surface area contributed by atoms with Crippen molar-refractivity contribution in [3.8, 4) is 5.75 Å². The number of amides is 2. The molecule has 0 spiro atoms. The monoisotopic (exact) mass is 359 g/mol. The molecule has 1 atom stereocenters. The Bertz CT molecular complexity index is 780. The minimum absolute atomic E-state index is 0.177. The molecule has 138 valence electrons. The van der Waals surface area contributed by atoms with Gasteiger partial charge in [-0.25, -0.2) is 4.39 Å². The van der Waals surface area contributed by atoms with Crippen LogP contribution in [0.4, 0.5) is 4.39 Å². The molecule has 0 bridgehead atoms. The molecule has 2 amide bonds. The van der Waals surface area contributed by atoms with E-state index < -0.39 is 5.91 Å². The van der Waals surface area contributed by atoms with Crippen molar-refractivity contribution in [2.24, 2.45) is 5.73 Å². The van der Waals surface area contributed by atoms with Gasteiger partial charge in [0.25, 0.3) is 11.8 Å². The van der Waals surface area contributed by atoms with Crippen molar-refractivity contribution in [3.05, 3.63) is 65.5 Å². The van der Waals surface area contributed by atoms with Gasteiger partial charge in [0.05, 0.1) is 6.04 Å². The lowest BCUT2D eigenvalue weighted by Crippen LogP contribution is -2.34. The fourth-order valence-corrected chi connectivity index (χ4v) is 2.49. The van der Waals surface area contributed by atoms with Crippen molar-refractivity contribution in [3.63, 3.8) is 0 Å². The van der Waals surface area contributed by atoms with E-state index in [1.165, 1.54) is 18.2 Å². The Morgan fingerprint density at radius 3 is 2.58 bits per heavy atom. The van der Waals surface area contributed by atoms with E-state index in [1.807, 2.05) is 25.1 Å². The van der Waals surface area contributed by atoms with E-state index in [2.05, 4.69) is 5.32 Å². The summed E-state index contributed by atoms with van der Waals surface area (Å²) in [5, 5.41) is 2.84. The molecule has 1 unspecified atom stereocenters. The largest absolute Gasteiger partial charge is 0.484 e. The molecule has 0 aromatic heterocycles. The Balaban J connectivity index is 2.04. The van der Waals surface area contributed by atoms with Crippen molar-refractivity contribution in [1.29, 1.82) is 0 Å². The van der Waals surface area contributed by atoms with E-state index in [0.717, 1.165) is 5.56 Å². The molecule has 0 saturated carbocycles. The average molecular weight is 359 g/mol. The molecule has 0 aliphatic carbocycles. The third-order valence-electron chi connectivity index (χ3n) is 3.79. The Hall–Kier alpha value is -2.93. The van der Waals surface area contributed by atoms with Gasteiger partial charge in [0.15, 0.2) is 6.61 Å². The normalized spacial score (nSPS) is 11.8. The van der Waals surface area contributed by atoms with Crippen molar-refractivity contribution in [1.82, 2.24) is 10.2 Å². The van der Waals surface area contributed by atoms with E-state index in [0.29, 0.717) is 17.9 Å². The Morgan fingerprint density at radius 1 is 1.19 bits per heavy atom. The van der Waals surface area contributed by atoms with Crippen LogP contribution in [0, 0.1) is 5.82 Å². The average Bonchev–Trinajstić information content (AvgIpc) is 2.60. The number of halogens is 1. The molecule has 0 fully saturated rings. The van der Waals surface area contributed by atoms with E-state index in [4.69, 9.17) is 10.5 Å². The number of benzene rings is 2. The van der Waals surface area contributed by atoms with Gasteiger partial charge in [0, 0.05) is 12.1 Å². The summed E-state index contributed by atoms with van der Waals surface area (Å²) in [4.78, 5) is 25.1. The maximum atomic E-state index is 13.5. The molecular formula is C19H22FN3O3. The summed E-state index contributed by atoms with van der Waals surface area (Å²) < 4.78 is 18.7. The number of hydrogen-bond donors (Lipinski definition) is 2. The third-order valence-corrected chi connectivity index (χ3v) is 3.79. The highest BCUT2D eigenvalue weighted by Gasteiger charge is 2.16. The first-order valence-electron chi connectivity index (χ1n) is 8.08. The summed E-state index contributed by atoms with van der Waals surface area (Å²) >= 11 is 0. The van der Waals surface area contributed by atoms with E-state index in [9.17, 15) is 14.0 Å². The number of nitrogens with one attached hydrogen (secondary N) is 1. The van der Waals surface area contributed by atoms with Crippen molar-refractivity contribution in [2.75, 3.05) is 27.2 Å². The molecule has 0 aliphatic heterocycles. The lowest BCUT2D eigenvalue weighted by molar-refractivity contribution is -0.119. The summed E-state index contributed by atoms with van der Waals surface area (Å²) in [5.41, 5.74) is 6.20. The Morgan fingerprint density at radius 2 is 1.92 bits per heavy atom. The highest BCUT2D eigenvalue weighted by molar-refractivity contribution is 5.94. The lowest BCUT2D eigenvalue weighted by atomic mass is 10.1. The second-order valence-corrected chi connectivity index (χ2v) is 6.03. The summed E-state index contributed by atoms with van der Waals surface area (Å²) in [6, 6.07) is 12.6. The van der Waals surface area contributed by atoms with Gasteiger partial charge in [-0.1, -0.05) is 18.2 Å². The minimum atomic E-state index is -0.594. The standard InChI is InChI=1S/C19H22FN3O3/c1-23(2)17(13-5-3-7-15(20)9-13)11-22-19(25)14-6-4-8-16(10-14)26-12-18(21)24/h3-10,17H,11-12H2,1-2H3,(H2,21,24)(H,22,25). The van der Waals surface area contributed by atoms with Gasteiger partial charge in [-0.2, -0.15) is 0 Å². The predicted octanol–water partition coefficient (Wildman–Crippen LogP) is 1.72. The summed E-state index contributed by atoms with van der Waals surface area (Å²) in [6.45, 7) is 0.0506. The molecule has 0 saturated heterocycles. The molecule has 2 aromatic rings. The summed E-state index contributed by atoms with van der Waals surface area (Å²) in [5.74, 6) is -0.827. The zero-order valence-electron chi connectivity index (χ0n) is 14.7. The molecular weight excluding hydrogens is 337 g/mol. The highest BCUT2D eigenvalue weighted by atomic mass is 19.1. The van der Waals surface area contributed by atoms with Crippen LogP contribution < -0.4 is 15.8 Å². The van der Waals surface area contributed by atoms with Crippen LogP contribution >= 0.6 is 0 Å². The van der Waals surface area contributed by atoms with E-state index >= 15 is 0 Å². The maximum absolute atomic E-state index is 13.5. The number of ether oxygens (including phenoxy) is 1. The van der Waals surface area contributed by atoms with Gasteiger partial charge in [-0.3, -0.25) is 9.59 Å². The molecule has 7 heteroatoms. The van der Waals surface area contributed by atoms with Crippen LogP contribution in [0.3, 0.4) is 0 Å². The van der Waals surface area contributed by atoms with Crippen LogP contribution in [0.25, 0.3) is 0 Å². The van der Waals surface area contributed by atoms with Gasteiger partial charge < -0.3 is 20.7 Å². The molecule has 6 nitrogen and oxygen atoms in total. The van der Waals surface area contributed by atoms with Crippen LogP contribution in [-0.4, -0.2) is 44.0 Å². The first-order valence-corrected chi connectivity index (χ1v) is 8.08. The summed E-state index contributed by atoms with van der Waals surface area (Å²) in [7, 11) is 3.72. The number of primary amides is 1. The van der Waals surface area contributed by atoms with Gasteiger partial charge in [0.2, 0.25) is 0 Å². The van der Waals surface area contributed by atoms with Crippen LogP contribution in [0.15, 0.2) is 48.5 Å². The molecule has 2 aromatic carbocycles. The second kappa shape index (κ2) is 8.96. The number of rotatable bonds is 8. The van der Waals surface area contributed by atoms with Crippen molar-refractivity contribution in [2.45, 2.75) is 6.04 Å². The molecule has 0 aliphatic rings. The van der Waals surface area contributed by atoms with Crippen LogP contribution in [0.5, 0.6) is 5.75 Å². The molecule has 26 heavy (non-hydrogen) atoms. The molecule has 0 radical (unpaired) electrons. The number of nitrogens with zero attached hydrogens (tertiary/aromatic N) is 1. The highest BCUT2D eigenvalue weighted by Crippen LogP contribution is 2.19. The molecule has 2 rings (SSSR count). The third kappa shape index (κ3) is 5.56. The zero-order chi connectivity index (χ0) is 19.1. The lowest BCUT2D eigenvalue weighted by Gasteiger charge is -2.25. The van der Waals surface area contributed by atoms with Crippen molar-refractivity contribution < 1.29 is 18.7 Å². The minimum Gasteiger partial charge on any atom is -0.484 e. The number of nitrogens with two attached hydrogens (primary N) is 1. The fraction of sp³-hybridized carbons (Fsp3) is 0.263. The smallest absolute Gasteiger partial charge is 0.255 e. The first kappa shape index (κ1) is 19.4. The van der Waals surface area contributed by atoms with Crippen LogP contribution in [0.1, 0.15) is 22.0 Å². The fourth-order valence-electron chi connectivity index (χ4n) is 2.49. The Labute approximate surface area is 151 Å². The number of hydrogen-bond acceptors (Lipinski definition) is 4. The number of carbonyl (C=O) groups excluding carboxylic acids is 2. The van der Waals surface area contributed by atoms with Crippen LogP contribution in [-0.2, 0) is 4.79 Å². The topological polar surface area (TPSA) is 84.7 Å². The second-order valence-electron chi connectivity index (χ2n) is 6.03. The SMILES string of the molecule is CN(C)C(CNC(=O)c1cccc(OCC(N)=O)c1)c1cccc(F)c1. The van der Waals surface area contributed by atoms with Gasteiger partial charge in [0.1, 0.15) is 11.6 Å². The van der Waals surface area contributed by atoms with E-state index in [-0.39, 0.29) is 24.4 Å². The quantitative estimate of drug-likeness (QED) is 0.752. The van der Waals surface area contributed by atoms with Crippen molar-refractivity contribution >= 4 is 11.8 Å². The predicted molar refractivity (Wildman–Crippen MR) is 96.3 cm³/mol. The molecule has 3 N–H and O–H groups in total. The maximum Gasteiger partial charge on any atom is 0.255 e. The molecule has 0 heterocycles. The number of likely N-dealkylation sites (N-methyl/N-ethyl adjacent to an activating group) is 1. The summed E-state index contributed by atoms with van der Waals surface area (Å²) in [6.07, 6.45) is 0. The van der Waals surface area contributed by atoms with Gasteiger partial charge in [-0.15, -0.1) is 0 Å².